The van der Waals surface area contributed by atoms with Gasteiger partial charge in [-0.2, -0.15) is 0 Å². The highest BCUT2D eigenvalue weighted by atomic mass is 16.2. The SMILES string of the molecule is O=C1C(=O)C(=O)C(=O)C(=O)C(=O)C(=O)C1=O. The van der Waals surface area contributed by atoms with Crippen LogP contribution in [0.25, 0.3) is 0 Å². The molecule has 0 aromatic rings. The van der Waals surface area contributed by atoms with Crippen LogP contribution >= 0.6 is 0 Å². The first-order chi connectivity index (χ1) is 7.29. The molecule has 0 amide bonds. The summed E-state index contributed by atoms with van der Waals surface area (Å²) in [7, 11) is 0. The fourth-order valence-corrected chi connectivity index (χ4v) is 0.825. The molecule has 8 nitrogen and oxygen atoms in total. The van der Waals surface area contributed by atoms with Gasteiger partial charge in [-0.25, -0.2) is 0 Å². The van der Waals surface area contributed by atoms with Crippen molar-refractivity contribution in [2.75, 3.05) is 0 Å². The molecule has 0 saturated heterocycles. The van der Waals surface area contributed by atoms with E-state index in [0.717, 1.165) is 0 Å². The van der Waals surface area contributed by atoms with Crippen LogP contribution in [0.3, 0.4) is 0 Å². The Morgan fingerprint density at radius 3 is 0.375 bits per heavy atom. The number of Topliss-reactive ketones (excluding diaryl/α,β-unsaturated/α-hetero) is 8. The maximum atomic E-state index is 10.8. The van der Waals surface area contributed by atoms with Gasteiger partial charge in [-0.05, 0) is 0 Å². The first kappa shape index (κ1) is 11.4. The summed E-state index contributed by atoms with van der Waals surface area (Å²) in [6.07, 6.45) is 0. The monoisotopic (exact) mass is 224 g/mol. The van der Waals surface area contributed by atoms with Crippen LogP contribution in [0.5, 0.6) is 0 Å². The van der Waals surface area contributed by atoms with Crippen molar-refractivity contribution in [2.24, 2.45) is 0 Å². The van der Waals surface area contributed by atoms with Gasteiger partial charge in [-0.3, -0.25) is 38.4 Å². The molecule has 0 heterocycles. The third-order valence-corrected chi connectivity index (χ3v) is 1.65. The molecule has 0 atom stereocenters. The Labute approximate surface area is 85.6 Å². The van der Waals surface area contributed by atoms with E-state index in [1.807, 2.05) is 0 Å². The van der Waals surface area contributed by atoms with Gasteiger partial charge in [0.05, 0.1) is 0 Å². The maximum absolute atomic E-state index is 10.8. The molecule has 1 aliphatic carbocycles. The van der Waals surface area contributed by atoms with Crippen LogP contribution in [-0.4, -0.2) is 46.3 Å². The van der Waals surface area contributed by atoms with E-state index in [0.29, 0.717) is 0 Å². The van der Waals surface area contributed by atoms with Gasteiger partial charge in [-0.1, -0.05) is 0 Å². The first-order valence-corrected chi connectivity index (χ1v) is 3.63. The molecule has 1 fully saturated rings. The van der Waals surface area contributed by atoms with Gasteiger partial charge < -0.3 is 0 Å². The molecule has 0 aromatic heterocycles. The van der Waals surface area contributed by atoms with Gasteiger partial charge in [0.25, 0.3) is 46.3 Å². The summed E-state index contributed by atoms with van der Waals surface area (Å²) < 4.78 is 0. The number of rotatable bonds is 0. The third kappa shape index (κ3) is 1.41. The lowest BCUT2D eigenvalue weighted by atomic mass is 9.93. The Bertz CT molecular complexity index is 344. The van der Waals surface area contributed by atoms with Crippen molar-refractivity contribution < 1.29 is 38.4 Å². The highest BCUT2D eigenvalue weighted by Crippen LogP contribution is 1.97. The lowest BCUT2D eigenvalue weighted by Crippen LogP contribution is -2.49. The van der Waals surface area contributed by atoms with Gasteiger partial charge in [0, 0.05) is 0 Å². The lowest BCUT2D eigenvalue weighted by molar-refractivity contribution is -0.158. The van der Waals surface area contributed by atoms with Gasteiger partial charge >= 0.3 is 0 Å². The maximum Gasteiger partial charge on any atom is 0.281 e. The minimum atomic E-state index is -2.09. The number of ketones is 8. The Hall–Kier alpha value is -2.64. The Balaban J connectivity index is 3.40. The number of hydrogen-bond acceptors (Lipinski definition) is 8. The second-order valence-electron chi connectivity index (χ2n) is 2.63. The van der Waals surface area contributed by atoms with Crippen LogP contribution in [0.4, 0.5) is 0 Å². The predicted molar refractivity (Wildman–Crippen MR) is 40.1 cm³/mol. The van der Waals surface area contributed by atoms with Crippen molar-refractivity contribution in [3.05, 3.63) is 0 Å². The van der Waals surface area contributed by atoms with Crippen molar-refractivity contribution in [1.82, 2.24) is 0 Å². The molecule has 0 radical (unpaired) electrons. The Morgan fingerprint density at radius 1 is 0.250 bits per heavy atom. The predicted octanol–water partition coefficient (Wildman–Crippen LogP) is -3.45. The van der Waals surface area contributed by atoms with Crippen molar-refractivity contribution in [1.29, 1.82) is 0 Å². The second-order valence-corrected chi connectivity index (χ2v) is 2.63. The van der Waals surface area contributed by atoms with E-state index < -0.39 is 46.3 Å². The summed E-state index contributed by atoms with van der Waals surface area (Å²) in [5.41, 5.74) is 0. The van der Waals surface area contributed by atoms with Crippen LogP contribution in [-0.2, 0) is 38.4 Å². The molecule has 1 rings (SSSR count). The normalized spacial score (nSPS) is 19.0. The second kappa shape index (κ2) is 3.50. The molecule has 8 heteroatoms. The van der Waals surface area contributed by atoms with E-state index >= 15 is 0 Å². The average Bonchev–Trinajstić information content (AvgIpc) is 2.30. The minimum absolute atomic E-state index is 2.09. The lowest BCUT2D eigenvalue weighted by Gasteiger charge is -2.01. The van der Waals surface area contributed by atoms with Gasteiger partial charge in [-0.15, -0.1) is 0 Å². The summed E-state index contributed by atoms with van der Waals surface area (Å²) in [6.45, 7) is 0. The topological polar surface area (TPSA) is 137 Å². The molecular formula is C8O8. The van der Waals surface area contributed by atoms with Crippen LogP contribution in [0.15, 0.2) is 0 Å². The van der Waals surface area contributed by atoms with E-state index in [-0.39, 0.29) is 0 Å². The molecule has 1 saturated carbocycles. The fraction of sp³-hybridized carbons (Fsp3) is 0. The molecular weight excluding hydrogens is 224 g/mol. The molecule has 0 N–H and O–H groups in total. The third-order valence-electron chi connectivity index (χ3n) is 1.65. The highest BCUT2D eigenvalue weighted by molar-refractivity contribution is 7.08. The Kier molecular flexibility index (Phi) is 2.50. The molecule has 80 valence electrons. The number of hydrogen-bond donors (Lipinski definition) is 0. The van der Waals surface area contributed by atoms with Crippen molar-refractivity contribution in [2.45, 2.75) is 0 Å². The molecule has 0 bridgehead atoms. The van der Waals surface area contributed by atoms with E-state index in [2.05, 4.69) is 0 Å². The highest BCUT2D eigenvalue weighted by Gasteiger charge is 2.47. The average molecular weight is 224 g/mol. The molecule has 0 spiro atoms. The van der Waals surface area contributed by atoms with E-state index in [4.69, 9.17) is 0 Å². The largest absolute Gasteiger partial charge is 0.281 e. The van der Waals surface area contributed by atoms with Crippen molar-refractivity contribution >= 4 is 46.3 Å². The molecule has 0 aliphatic heterocycles. The summed E-state index contributed by atoms with van der Waals surface area (Å²) in [5.74, 6) is -16.7. The summed E-state index contributed by atoms with van der Waals surface area (Å²) in [6, 6.07) is 0. The van der Waals surface area contributed by atoms with Crippen LogP contribution in [0.1, 0.15) is 0 Å². The van der Waals surface area contributed by atoms with Crippen molar-refractivity contribution in [3.8, 4) is 0 Å². The Morgan fingerprint density at radius 2 is 0.312 bits per heavy atom. The van der Waals surface area contributed by atoms with Crippen LogP contribution in [0, 0.1) is 0 Å². The quantitative estimate of drug-likeness (QED) is 0.387. The van der Waals surface area contributed by atoms with Gasteiger partial charge in [0.2, 0.25) is 0 Å². The van der Waals surface area contributed by atoms with Crippen LogP contribution < -0.4 is 0 Å². The van der Waals surface area contributed by atoms with E-state index in [1.54, 1.807) is 0 Å². The smallest absolute Gasteiger partial charge is 0.281 e. The fourth-order valence-electron chi connectivity index (χ4n) is 0.825. The number of carbonyl (C=O) groups is 8. The van der Waals surface area contributed by atoms with E-state index in [1.165, 1.54) is 0 Å². The zero-order chi connectivity index (χ0) is 12.6. The number of carbonyl (C=O) groups excluding carboxylic acids is 8. The van der Waals surface area contributed by atoms with Crippen LogP contribution in [0.2, 0.25) is 0 Å². The summed E-state index contributed by atoms with van der Waals surface area (Å²) in [4.78, 5) is 86.1. The standard InChI is InChI=1S/C8O8/c9-1-2(10)4(12)6(14)8(16)7(15)5(13)3(1)11. The van der Waals surface area contributed by atoms with Crippen molar-refractivity contribution in [3.63, 3.8) is 0 Å². The first-order valence-electron chi connectivity index (χ1n) is 3.63. The van der Waals surface area contributed by atoms with Gasteiger partial charge in [0.15, 0.2) is 0 Å². The summed E-state index contributed by atoms with van der Waals surface area (Å²) >= 11 is 0. The molecule has 0 unspecified atom stereocenters. The zero-order valence-electron chi connectivity index (χ0n) is 7.27. The minimum Gasteiger partial charge on any atom is -0.281 e. The molecule has 0 aromatic carbocycles. The summed E-state index contributed by atoms with van der Waals surface area (Å²) in [5, 5.41) is 0. The van der Waals surface area contributed by atoms with Gasteiger partial charge in [0.1, 0.15) is 0 Å². The molecule has 16 heavy (non-hydrogen) atoms. The zero-order valence-corrected chi connectivity index (χ0v) is 7.27. The molecule has 1 aliphatic rings. The van der Waals surface area contributed by atoms with E-state index in [9.17, 15) is 38.4 Å².